The van der Waals surface area contributed by atoms with E-state index in [1.807, 2.05) is 68.5 Å². The van der Waals surface area contributed by atoms with Crippen molar-refractivity contribution in [3.63, 3.8) is 0 Å². The smallest absolute Gasteiger partial charge is 0.0998 e. The van der Waals surface area contributed by atoms with Crippen LogP contribution in [0.2, 0.25) is 0 Å². The summed E-state index contributed by atoms with van der Waals surface area (Å²) in [7, 11) is 0. The predicted molar refractivity (Wildman–Crippen MR) is 89.5 cm³/mol. The molecule has 0 saturated carbocycles. The Morgan fingerprint density at radius 1 is 1.18 bits per heavy atom. The summed E-state index contributed by atoms with van der Waals surface area (Å²) in [5, 5.41) is 18.5. The molecule has 22 heavy (non-hydrogen) atoms. The lowest BCUT2D eigenvalue weighted by atomic mass is 9.88. The van der Waals surface area contributed by atoms with E-state index in [2.05, 4.69) is 12.1 Å². The van der Waals surface area contributed by atoms with Crippen LogP contribution in [0.1, 0.15) is 24.5 Å². The molecule has 0 saturated heterocycles. The number of hydrogen-bond acceptors (Lipinski definition) is 2. The molecule has 1 unspecified atom stereocenters. The highest BCUT2D eigenvalue weighted by Gasteiger charge is 2.14. The van der Waals surface area contributed by atoms with Crippen molar-refractivity contribution in [2.45, 2.75) is 20.3 Å². The van der Waals surface area contributed by atoms with Crippen molar-refractivity contribution in [3.8, 4) is 12.1 Å². The van der Waals surface area contributed by atoms with Gasteiger partial charge in [0.05, 0.1) is 17.7 Å². The highest BCUT2D eigenvalue weighted by Crippen LogP contribution is 2.27. The normalized spacial score (nSPS) is 18.4. The second kappa shape index (κ2) is 7.25. The number of nitrogens with zero attached hydrogens (tertiary/aromatic N) is 2. The van der Waals surface area contributed by atoms with Gasteiger partial charge in [0.15, 0.2) is 0 Å². The zero-order valence-corrected chi connectivity index (χ0v) is 12.9. The third kappa shape index (κ3) is 3.62. The van der Waals surface area contributed by atoms with E-state index in [1.54, 1.807) is 0 Å². The summed E-state index contributed by atoms with van der Waals surface area (Å²) in [6.07, 6.45) is 10.5. The number of allylic oxidation sites excluding steroid dienone is 7. The third-order valence-electron chi connectivity index (χ3n) is 3.76. The molecule has 0 radical (unpaired) electrons. The Hall–Kier alpha value is -2.84. The van der Waals surface area contributed by atoms with Crippen LogP contribution >= 0.6 is 0 Å². The molecule has 1 aliphatic carbocycles. The molecule has 0 aliphatic heterocycles. The maximum Gasteiger partial charge on any atom is 0.0998 e. The van der Waals surface area contributed by atoms with Gasteiger partial charge < -0.3 is 0 Å². The largest absolute Gasteiger partial charge is 0.193 e. The van der Waals surface area contributed by atoms with Crippen LogP contribution in [-0.2, 0) is 0 Å². The van der Waals surface area contributed by atoms with E-state index < -0.39 is 0 Å². The summed E-state index contributed by atoms with van der Waals surface area (Å²) in [4.78, 5) is 0. The first kappa shape index (κ1) is 15.5. The third-order valence-corrected chi connectivity index (χ3v) is 3.76. The van der Waals surface area contributed by atoms with Crippen molar-refractivity contribution in [3.05, 3.63) is 76.4 Å². The Labute approximate surface area is 132 Å². The van der Waals surface area contributed by atoms with Gasteiger partial charge in [-0.2, -0.15) is 10.5 Å². The van der Waals surface area contributed by atoms with Gasteiger partial charge in [0.2, 0.25) is 0 Å². The number of aryl methyl sites for hydroxylation is 1. The van der Waals surface area contributed by atoms with E-state index in [0.717, 1.165) is 23.1 Å². The Morgan fingerprint density at radius 3 is 2.41 bits per heavy atom. The molecule has 2 rings (SSSR count). The van der Waals surface area contributed by atoms with Crippen LogP contribution in [0.5, 0.6) is 0 Å². The first-order chi connectivity index (χ1) is 10.7. The second-order valence-corrected chi connectivity index (χ2v) is 5.30. The fraction of sp³-hybridized carbons (Fsp3) is 0.200. The SMILES string of the molecule is C/C=C(\C#N)C1C=CC(/C(C#N)=C/c2ccc(C)cc2)=CC1. The van der Waals surface area contributed by atoms with Crippen LogP contribution < -0.4 is 0 Å². The van der Waals surface area contributed by atoms with Crippen LogP contribution in [-0.4, -0.2) is 0 Å². The van der Waals surface area contributed by atoms with E-state index in [0.29, 0.717) is 5.57 Å². The Kier molecular flexibility index (Phi) is 5.12. The molecular weight excluding hydrogens is 268 g/mol. The van der Waals surface area contributed by atoms with E-state index in [9.17, 15) is 5.26 Å². The molecule has 0 fully saturated rings. The molecule has 1 aliphatic rings. The lowest BCUT2D eigenvalue weighted by molar-refractivity contribution is 0.783. The quantitative estimate of drug-likeness (QED) is 0.744. The van der Waals surface area contributed by atoms with Crippen LogP contribution in [0.15, 0.2) is 65.3 Å². The molecule has 0 spiro atoms. The molecular formula is C20H18N2. The molecule has 108 valence electrons. The highest BCUT2D eigenvalue weighted by molar-refractivity contribution is 5.66. The van der Waals surface area contributed by atoms with Crippen LogP contribution in [0.25, 0.3) is 6.08 Å². The van der Waals surface area contributed by atoms with Crippen molar-refractivity contribution in [1.29, 1.82) is 10.5 Å². The lowest BCUT2D eigenvalue weighted by Gasteiger charge is -2.15. The van der Waals surface area contributed by atoms with Gasteiger partial charge in [-0.3, -0.25) is 0 Å². The standard InChI is InChI=1S/C20H18N2/c1-3-17(13-21)18-8-10-19(11-9-18)20(14-22)12-16-6-4-15(2)5-7-16/h3-8,10-12,18H,9H2,1-2H3/b17-3+,20-12+. The molecule has 0 N–H and O–H groups in total. The summed E-state index contributed by atoms with van der Waals surface area (Å²) in [5.74, 6) is 0.123. The number of nitriles is 2. The lowest BCUT2D eigenvalue weighted by Crippen LogP contribution is -2.03. The van der Waals surface area contributed by atoms with Crippen LogP contribution in [0, 0.1) is 35.5 Å². The molecule has 0 aromatic heterocycles. The fourth-order valence-corrected chi connectivity index (χ4v) is 2.42. The second-order valence-electron chi connectivity index (χ2n) is 5.30. The van der Waals surface area contributed by atoms with Gasteiger partial charge in [0.1, 0.15) is 0 Å². The van der Waals surface area contributed by atoms with Crippen molar-refractivity contribution in [1.82, 2.24) is 0 Å². The van der Waals surface area contributed by atoms with Crippen molar-refractivity contribution in [2.24, 2.45) is 5.92 Å². The van der Waals surface area contributed by atoms with Gasteiger partial charge >= 0.3 is 0 Å². The predicted octanol–water partition coefficient (Wildman–Crippen LogP) is 4.87. The van der Waals surface area contributed by atoms with Crippen molar-refractivity contribution >= 4 is 6.08 Å². The maximum absolute atomic E-state index is 9.40. The number of benzene rings is 1. The average molecular weight is 286 g/mol. The van der Waals surface area contributed by atoms with Gasteiger partial charge in [-0.25, -0.2) is 0 Å². The molecule has 1 aromatic carbocycles. The minimum Gasteiger partial charge on any atom is -0.193 e. The first-order valence-corrected chi connectivity index (χ1v) is 7.31. The number of rotatable bonds is 3. The number of hydrogen-bond donors (Lipinski definition) is 0. The zero-order valence-electron chi connectivity index (χ0n) is 12.9. The van der Waals surface area contributed by atoms with Gasteiger partial charge in [0.25, 0.3) is 0 Å². The van der Waals surface area contributed by atoms with E-state index in [1.165, 1.54) is 5.56 Å². The maximum atomic E-state index is 9.40. The fourth-order valence-electron chi connectivity index (χ4n) is 2.42. The Bertz CT molecular complexity index is 744. The van der Waals surface area contributed by atoms with Gasteiger partial charge in [-0.15, -0.1) is 0 Å². The average Bonchev–Trinajstić information content (AvgIpc) is 2.56. The molecule has 0 bridgehead atoms. The van der Waals surface area contributed by atoms with Gasteiger partial charge in [-0.05, 0) is 37.5 Å². The van der Waals surface area contributed by atoms with E-state index in [4.69, 9.17) is 5.26 Å². The minimum absolute atomic E-state index is 0.123. The summed E-state index contributed by atoms with van der Waals surface area (Å²) in [6.45, 7) is 3.92. The summed E-state index contributed by atoms with van der Waals surface area (Å²) >= 11 is 0. The summed E-state index contributed by atoms with van der Waals surface area (Å²) in [6, 6.07) is 12.6. The van der Waals surface area contributed by atoms with Crippen molar-refractivity contribution < 1.29 is 0 Å². The minimum atomic E-state index is 0.123. The van der Waals surface area contributed by atoms with Crippen molar-refractivity contribution in [2.75, 3.05) is 0 Å². The molecule has 2 nitrogen and oxygen atoms in total. The van der Waals surface area contributed by atoms with Crippen LogP contribution in [0.3, 0.4) is 0 Å². The highest BCUT2D eigenvalue weighted by atomic mass is 14.3. The van der Waals surface area contributed by atoms with E-state index in [-0.39, 0.29) is 5.92 Å². The zero-order chi connectivity index (χ0) is 15.9. The summed E-state index contributed by atoms with van der Waals surface area (Å²) < 4.78 is 0. The Balaban J connectivity index is 2.21. The molecule has 1 aromatic rings. The monoisotopic (exact) mass is 286 g/mol. The van der Waals surface area contributed by atoms with Crippen LogP contribution in [0.4, 0.5) is 0 Å². The van der Waals surface area contributed by atoms with E-state index >= 15 is 0 Å². The topological polar surface area (TPSA) is 47.6 Å². The molecule has 0 amide bonds. The van der Waals surface area contributed by atoms with Gasteiger partial charge in [-0.1, -0.05) is 54.1 Å². The Morgan fingerprint density at radius 2 is 1.91 bits per heavy atom. The molecule has 1 atom stereocenters. The summed E-state index contributed by atoms with van der Waals surface area (Å²) in [5.41, 5.74) is 4.56. The van der Waals surface area contributed by atoms with Gasteiger partial charge in [0, 0.05) is 11.5 Å². The molecule has 0 heterocycles. The molecule has 2 heteroatoms. The first-order valence-electron chi connectivity index (χ1n) is 7.31.